The van der Waals surface area contributed by atoms with Gasteiger partial charge in [-0.3, -0.25) is 72.3 Å². The van der Waals surface area contributed by atoms with Crippen LogP contribution in [0.25, 0.3) is 33.4 Å². The molecule has 6 aliphatic rings. The molecule has 9 amide bonds. The lowest BCUT2D eigenvalue weighted by atomic mass is 9.90. The maximum absolute atomic E-state index is 14.8. The summed E-state index contributed by atoms with van der Waals surface area (Å²) < 4.78 is 5.96. The van der Waals surface area contributed by atoms with Crippen LogP contribution < -0.4 is 53.3 Å². The first kappa shape index (κ1) is 89.6. The van der Waals surface area contributed by atoms with Crippen molar-refractivity contribution in [1.29, 1.82) is 0 Å². The highest BCUT2D eigenvalue weighted by molar-refractivity contribution is 6.10. The highest BCUT2D eigenvalue weighted by atomic mass is 16.4. The molecule has 12 rings (SSSR count). The Hall–Kier alpha value is -13.2. The van der Waals surface area contributed by atoms with Crippen LogP contribution in [0.1, 0.15) is 162 Å². The molecule has 3 atom stereocenters. The van der Waals surface area contributed by atoms with Crippen LogP contribution in [0.15, 0.2) is 137 Å². The second-order valence-corrected chi connectivity index (χ2v) is 30.3. The van der Waals surface area contributed by atoms with E-state index in [0.717, 1.165) is 0 Å². The van der Waals surface area contributed by atoms with Gasteiger partial charge >= 0.3 is 5.97 Å². The Morgan fingerprint density at radius 2 is 0.852 bits per heavy atom. The van der Waals surface area contributed by atoms with Crippen LogP contribution >= 0.6 is 0 Å². The number of benzene rings is 7. The number of carboxylic acids is 1. The molecule has 5 aliphatic heterocycles. The fraction of sp³-hybridized carbons (Fsp3) is 0.375. The number of phenolic OH excluding ortho intramolecular Hbond substituents is 5. The third kappa shape index (κ3) is 24.1. The number of aromatic carboxylic acids is 1. The third-order valence-corrected chi connectivity index (χ3v) is 21.8. The minimum atomic E-state index is -1.34. The van der Waals surface area contributed by atoms with Gasteiger partial charge in [-0.25, -0.2) is 4.79 Å². The predicted octanol–water partition coefficient (Wildman–Crippen LogP) is 4.36. The number of hydrogen-bond acceptors (Lipinski definition) is 24. The first-order valence-electron chi connectivity index (χ1n) is 40.8. The molecule has 3 unspecified atom stereocenters. The van der Waals surface area contributed by atoms with Crippen LogP contribution in [0.2, 0.25) is 0 Å². The van der Waals surface area contributed by atoms with Gasteiger partial charge in [0.15, 0.2) is 5.43 Å². The topological polar surface area (TPSA) is 481 Å². The van der Waals surface area contributed by atoms with E-state index in [1.54, 1.807) is 6.07 Å². The predicted molar refractivity (Wildman–Crippen MR) is 450 cm³/mol. The molecule has 1 aliphatic carbocycles. The van der Waals surface area contributed by atoms with E-state index in [0.29, 0.717) is 48.7 Å². The van der Waals surface area contributed by atoms with E-state index in [-0.39, 0.29) is 265 Å². The Kier molecular flexibility index (Phi) is 31.7. The summed E-state index contributed by atoms with van der Waals surface area (Å²) in [6.07, 6.45) is 2.57. The molecule has 12 bridgehead atoms. The van der Waals surface area contributed by atoms with Crippen molar-refractivity contribution >= 4 is 81.7 Å². The summed E-state index contributed by atoms with van der Waals surface area (Å²) in [5.41, 5.74) is -0.874. The number of ketones is 2. The second-order valence-electron chi connectivity index (χ2n) is 30.3. The number of nitrogens with zero attached hydrogens (tertiary/aromatic N) is 5. The molecule has 122 heavy (non-hydrogen) atoms. The van der Waals surface area contributed by atoms with Crippen LogP contribution in [0, 0.1) is 0 Å². The Labute approximate surface area is 702 Å². The van der Waals surface area contributed by atoms with Crippen molar-refractivity contribution in [3.05, 3.63) is 193 Å². The smallest absolute Gasteiger partial charge is 0.336 e. The molecular weight excluding hydrogens is 1570 g/mol. The number of amides is 9. The van der Waals surface area contributed by atoms with Crippen molar-refractivity contribution in [2.24, 2.45) is 0 Å². The summed E-state index contributed by atoms with van der Waals surface area (Å²) in [5, 5.41) is 93.7. The lowest BCUT2D eigenvalue weighted by molar-refractivity contribution is -0.120. The molecule has 5 heterocycles. The maximum Gasteiger partial charge on any atom is 0.336 e. The summed E-state index contributed by atoms with van der Waals surface area (Å²) in [6, 6.07) is 28.7. The number of fused-ring (bicyclic) bond motifs is 18. The number of hydrogen-bond donors (Lipinski definition) is 15. The van der Waals surface area contributed by atoms with Crippen molar-refractivity contribution < 1.29 is 92.6 Å². The van der Waals surface area contributed by atoms with E-state index in [1.807, 2.05) is 24.5 Å². The number of rotatable bonds is 19. The molecule has 0 saturated carbocycles. The standard InChI is InChI=1S/C88H102N14O20/c1-54(103)10-9-36-98(38-28-89-79(111)55-21-24-60(71(50-55)88(120)121)74-61-25-22-58(105)51-72(61)122-73-52-59(106)23-26-62(73)74)37-27-57(104)12-4-2-3-11-56-53-102-45-35-96-85(117)68-18-7-17-67(77(68)109)82(114)92-31-41-100(42-32-95-86(118)69-19-8-20-70(78(69)110)87(119)97-56)47-46-99-39-29-90-80(112)63-13-5-15-65(75(63)107)83(115)93-33-43-101(48-49-102)44-34-94-84(116)66-16-6-14-64(76(66)108)81(113)91-30-40-99/h5-8,13-26,50-52,56,105,107-110H,2-4,9-12,27-49,53H2,1H3,(H,89,111)(H,90,112)(H,91,113)(H,92,114)(H,93,115)(H,94,116)(H,95,118)(H,96,117)(H,97,119)(H,120,121). The third-order valence-electron chi connectivity index (χ3n) is 21.8. The van der Waals surface area contributed by atoms with Gasteiger partial charge in [0, 0.05) is 203 Å². The van der Waals surface area contributed by atoms with Gasteiger partial charge in [-0.1, -0.05) is 43.2 Å². The van der Waals surface area contributed by atoms with Crippen molar-refractivity contribution in [3.8, 4) is 51.2 Å². The van der Waals surface area contributed by atoms with Crippen LogP contribution in [0.4, 0.5) is 0 Å². The van der Waals surface area contributed by atoms with E-state index < -0.39 is 88.2 Å². The van der Waals surface area contributed by atoms with E-state index >= 15 is 0 Å². The van der Waals surface area contributed by atoms with Crippen LogP contribution in [0.5, 0.6) is 28.7 Å². The lowest BCUT2D eigenvalue weighted by Gasteiger charge is -2.31. The summed E-state index contributed by atoms with van der Waals surface area (Å²) in [6.45, 7) is 3.63. The zero-order valence-electron chi connectivity index (χ0n) is 67.8. The Balaban J connectivity index is 0.836. The number of unbranched alkanes of at least 4 members (excludes halogenated alkanes) is 2. The first-order valence-corrected chi connectivity index (χ1v) is 40.8. The summed E-state index contributed by atoms with van der Waals surface area (Å²) >= 11 is 0. The fourth-order valence-electron chi connectivity index (χ4n) is 15.1. The van der Waals surface area contributed by atoms with Gasteiger partial charge in [-0.2, -0.15) is 0 Å². The normalized spacial score (nSPS) is 18.7. The molecule has 6 aromatic rings. The highest BCUT2D eigenvalue weighted by Crippen LogP contribution is 2.42. The number of carbonyl (C=O) groups is 12. The van der Waals surface area contributed by atoms with E-state index in [4.69, 9.17) is 4.42 Å². The van der Waals surface area contributed by atoms with Crippen molar-refractivity contribution in [1.82, 2.24) is 72.4 Å². The molecule has 0 aromatic heterocycles. The molecule has 644 valence electrons. The van der Waals surface area contributed by atoms with E-state index in [9.17, 15) is 93.0 Å². The molecule has 15 N–H and O–H groups in total. The van der Waals surface area contributed by atoms with Gasteiger partial charge < -0.3 is 92.6 Å². The fourth-order valence-corrected chi connectivity index (χ4v) is 15.1. The zero-order valence-corrected chi connectivity index (χ0v) is 67.8. The number of carbonyl (C=O) groups excluding carboxylic acids is 11. The Bertz CT molecular complexity index is 5160. The summed E-state index contributed by atoms with van der Waals surface area (Å²) in [7, 11) is 0. The number of nitrogens with one attached hydrogen (secondary N) is 9. The molecule has 0 spiro atoms. The minimum Gasteiger partial charge on any atom is -0.508 e. The Morgan fingerprint density at radius 3 is 1.30 bits per heavy atom. The highest BCUT2D eigenvalue weighted by Gasteiger charge is 2.30. The first-order chi connectivity index (χ1) is 58.8. The van der Waals surface area contributed by atoms with Crippen molar-refractivity contribution in [2.45, 2.75) is 64.3 Å². The van der Waals surface area contributed by atoms with E-state index in [1.165, 1.54) is 128 Å². The zero-order chi connectivity index (χ0) is 86.9. The second kappa shape index (κ2) is 43.2. The largest absolute Gasteiger partial charge is 0.508 e. The molecule has 6 aromatic carbocycles. The monoisotopic (exact) mass is 1670 g/mol. The van der Waals surface area contributed by atoms with Gasteiger partial charge in [-0.15, -0.1) is 0 Å². The van der Waals surface area contributed by atoms with Crippen molar-refractivity contribution in [3.63, 3.8) is 0 Å². The Morgan fingerprint density at radius 1 is 0.426 bits per heavy atom. The SMILES string of the molecule is CC(=O)CCCN(CCNC(=O)c1ccc(-c2c3ccc(=O)cc-3oc3cc(O)ccc23)c(C(=O)O)c1)CCC(=O)CCCCCC1CN2CCNC(=O)c3cccc(c3O)C(=O)NCCN(CCNC(=O)c3cccc(c3O)C(=O)N1)CCN1CCNC(=O)c3cccc(c3O)C(=O)NCCN(CCNC(=O)c3cccc(c3O)C(=O)NCC1)CC2. The summed E-state index contributed by atoms with van der Waals surface area (Å²) in [5.74, 6) is -10.0. The van der Waals surface area contributed by atoms with Crippen molar-refractivity contribution in [2.75, 3.05) is 151 Å². The van der Waals surface area contributed by atoms with E-state index in [2.05, 4.69) is 47.9 Å². The number of carboxylic acid groups (broad SMARTS) is 1. The number of aromatic hydroxyl groups is 5. The number of Topliss-reactive ketones (excluding diaryl/α,β-unsaturated/α-hetero) is 2. The van der Waals surface area contributed by atoms with Crippen LogP contribution in [-0.4, -0.2) is 282 Å². The molecule has 0 fully saturated rings. The molecule has 34 heteroatoms. The van der Waals surface area contributed by atoms with Crippen LogP contribution in [-0.2, 0) is 9.59 Å². The molecule has 0 saturated heterocycles. The number of para-hydroxylation sites is 4. The minimum absolute atomic E-state index is 0.0185. The maximum atomic E-state index is 14.8. The molecular formula is C88H102N14O20. The van der Waals surface area contributed by atoms with Gasteiger partial charge in [0.25, 0.3) is 53.2 Å². The quantitative estimate of drug-likeness (QED) is 0.0395. The van der Waals surface area contributed by atoms with Gasteiger partial charge in [0.05, 0.1) is 50.1 Å². The average molecular weight is 1680 g/mol. The van der Waals surface area contributed by atoms with Gasteiger partial charge in [0.2, 0.25) is 0 Å². The van der Waals surface area contributed by atoms with Gasteiger partial charge in [0.1, 0.15) is 51.7 Å². The number of phenols is 5. The summed E-state index contributed by atoms with van der Waals surface area (Å²) in [4.78, 5) is 188. The molecule has 0 radical (unpaired) electrons. The lowest BCUT2D eigenvalue weighted by Crippen LogP contribution is -2.49. The van der Waals surface area contributed by atoms with Gasteiger partial charge in [-0.05, 0) is 123 Å². The average Bonchev–Trinajstić information content (AvgIpc) is 0.745. The molecule has 34 nitrogen and oxygen atoms in total. The van der Waals surface area contributed by atoms with Crippen LogP contribution in [0.3, 0.4) is 0 Å².